The van der Waals surface area contributed by atoms with Crippen molar-refractivity contribution in [1.29, 1.82) is 0 Å². The Morgan fingerprint density at radius 3 is 1.42 bits per heavy atom. The lowest BCUT2D eigenvalue weighted by molar-refractivity contribution is -0.141. The van der Waals surface area contributed by atoms with Crippen LogP contribution in [0.3, 0.4) is 0 Å². The fraction of sp³-hybridized carbons (Fsp3) is 0.491. The molecule has 6 aromatic rings. The number of anilines is 4. The van der Waals surface area contributed by atoms with E-state index in [4.69, 9.17) is 37.4 Å². The fourth-order valence-corrected chi connectivity index (χ4v) is 10.3. The maximum atomic E-state index is 14.0. The number of nitrogens with one attached hydrogen (secondary N) is 3. The predicted octanol–water partition coefficient (Wildman–Crippen LogP) is 7.09. The number of amides is 3. The molecule has 85 heavy (non-hydrogen) atoms. The number of piperazine rings is 2. The van der Waals surface area contributed by atoms with E-state index in [0.717, 1.165) is 48.4 Å². The molecule has 10 rings (SSSR count). The molecule has 0 unspecified atom stereocenters. The molecule has 4 aliphatic rings. The highest BCUT2D eigenvalue weighted by Gasteiger charge is 2.36. The van der Waals surface area contributed by atoms with Gasteiger partial charge < -0.3 is 54.0 Å². The number of halogens is 8. The molecule has 24 nitrogen and oxygen atoms in total. The average Bonchev–Trinajstić information content (AvgIpc) is 1.83. The van der Waals surface area contributed by atoms with Gasteiger partial charge in [-0.1, -0.05) is 37.0 Å². The quantitative estimate of drug-likeness (QED) is 0.0816. The number of carbonyl (C=O) groups is 3. The molecule has 0 aliphatic carbocycles. The zero-order chi connectivity index (χ0) is 61.1. The third-order valence-corrected chi connectivity index (χ3v) is 14.3. The van der Waals surface area contributed by atoms with E-state index < -0.39 is 63.1 Å². The summed E-state index contributed by atoms with van der Waals surface area (Å²) in [5.74, 6) is 0.265. The van der Waals surface area contributed by atoms with Gasteiger partial charge in [-0.05, 0) is 95.7 Å². The number of nitrogens with zero attached hydrogens (tertiary/aromatic N) is 13. The van der Waals surface area contributed by atoms with Crippen LogP contribution in [0.25, 0.3) is 23.1 Å². The Morgan fingerprint density at radius 1 is 0.635 bits per heavy atom. The van der Waals surface area contributed by atoms with E-state index in [9.17, 15) is 50.3 Å². The van der Waals surface area contributed by atoms with E-state index in [2.05, 4.69) is 46.1 Å². The van der Waals surface area contributed by atoms with Gasteiger partial charge in [-0.25, -0.2) is 14.8 Å². The first kappa shape index (κ1) is 61.6. The molecule has 6 aromatic heterocycles. The van der Waals surface area contributed by atoms with Crippen LogP contribution in [0.2, 0.25) is 10.3 Å². The smallest absolute Gasteiger partial charge is 0.433 e. The summed E-state index contributed by atoms with van der Waals surface area (Å²) in [7, 11) is 0. The molecule has 3 N–H and O–H groups in total. The fourth-order valence-electron chi connectivity index (χ4n) is 9.86. The molecule has 32 heteroatoms. The Hall–Kier alpha value is -7.99. The summed E-state index contributed by atoms with van der Waals surface area (Å²) in [6.07, 6.45) is -2.22. The highest BCUT2D eigenvalue weighted by Crippen LogP contribution is 2.33. The predicted molar refractivity (Wildman–Crippen MR) is 300 cm³/mol. The number of rotatable bonds is 12. The molecule has 2 fully saturated rings. The van der Waals surface area contributed by atoms with Gasteiger partial charge in [-0.2, -0.15) is 45.3 Å². The SMILES string of the molecule is CCc1c(N2CCN(C(=O)OC(C)(C)C)CC2)c(=O)n2nc(C3=CCCCO3)nc2n1CC(=O)Nc1ccc(C(F)(F)F)nc1Cl.CCc1c(N2CCNCC2)c(=O)n2nc(C3=CCCCO3)nc2n1CC(=O)Nc1ccc(C(F)(F)F)nc1Cl. The number of alkyl halides is 6. The third kappa shape index (κ3) is 13.9. The highest BCUT2D eigenvalue weighted by atomic mass is 35.5. The maximum Gasteiger partial charge on any atom is 0.433 e. The van der Waals surface area contributed by atoms with Crippen LogP contribution < -0.4 is 36.9 Å². The van der Waals surface area contributed by atoms with Gasteiger partial charge in [0, 0.05) is 52.4 Å². The van der Waals surface area contributed by atoms with Crippen LogP contribution >= 0.6 is 23.2 Å². The van der Waals surface area contributed by atoms with Crippen molar-refractivity contribution < 1.29 is 54.9 Å². The molecule has 0 saturated carbocycles. The number of aromatic nitrogens is 10. The second-order valence-electron chi connectivity index (χ2n) is 20.8. The van der Waals surface area contributed by atoms with Gasteiger partial charge in [0.15, 0.2) is 21.8 Å². The van der Waals surface area contributed by atoms with Crippen molar-refractivity contribution in [3.63, 3.8) is 0 Å². The van der Waals surface area contributed by atoms with Gasteiger partial charge in [0.25, 0.3) is 11.1 Å². The topological polar surface area (TPSA) is 255 Å². The third-order valence-electron chi connectivity index (χ3n) is 13.7. The molecule has 0 bridgehead atoms. The normalized spacial score (nSPS) is 16.0. The van der Waals surface area contributed by atoms with Crippen molar-refractivity contribution >= 4 is 86.9 Å². The Bertz CT molecular complexity index is 3710. The number of fused-ring (bicyclic) bond motifs is 2. The van der Waals surface area contributed by atoms with E-state index in [1.54, 1.807) is 30.2 Å². The Morgan fingerprint density at radius 2 is 1.06 bits per heavy atom. The zero-order valence-electron chi connectivity index (χ0n) is 46.8. The minimum absolute atomic E-state index is 0.0741. The van der Waals surface area contributed by atoms with E-state index in [1.807, 2.05) is 35.8 Å². The van der Waals surface area contributed by atoms with Gasteiger partial charge in [0.2, 0.25) is 35.0 Å². The van der Waals surface area contributed by atoms with Gasteiger partial charge in [-0.3, -0.25) is 19.2 Å². The number of carbonyl (C=O) groups excluding carboxylic acids is 3. The van der Waals surface area contributed by atoms with Crippen molar-refractivity contribution in [3.05, 3.63) is 102 Å². The molecule has 0 spiro atoms. The first-order valence-corrected chi connectivity index (χ1v) is 28.1. The number of ether oxygens (including phenoxy) is 3. The molecular formula is C53H60Cl2F6N16O8. The van der Waals surface area contributed by atoms with Gasteiger partial charge in [-0.15, -0.1) is 10.2 Å². The van der Waals surface area contributed by atoms with Crippen LogP contribution in [0.15, 0.2) is 46.0 Å². The van der Waals surface area contributed by atoms with Gasteiger partial charge >= 0.3 is 18.4 Å². The second-order valence-corrected chi connectivity index (χ2v) is 21.6. The number of allylic oxidation sites excluding steroid dienone is 2. The standard InChI is InChI=1S/C29H34ClF3N8O5.C24H26ClF3N8O3/c1-5-18-22(38-11-13-39(14-12-38)27(44)46-28(2,3)4)25(43)41-26(36-24(37-41)19-8-6-7-15-45-19)40(18)16-21(42)34-17-9-10-20(29(31,32)33)35-23(17)30;1-2-15-19(34-10-8-29-9-11-34)22(38)36-23(32-21(33-36)16-5-3-4-12-39-16)35(15)13-18(37)30-14-6-7-17(24(26,27)28)31-20(14)25/h8-10H,5-7,11-16H2,1-4H3,(H,34,42);5-7,29H,2-4,8-13H2,1H3,(H,30,37). The summed E-state index contributed by atoms with van der Waals surface area (Å²) < 4.78 is 100. The second kappa shape index (κ2) is 25.3. The minimum Gasteiger partial charge on any atom is -0.490 e. The molecule has 4 aliphatic heterocycles. The lowest BCUT2D eigenvalue weighted by Gasteiger charge is -2.37. The van der Waals surface area contributed by atoms with E-state index >= 15 is 0 Å². The van der Waals surface area contributed by atoms with Gasteiger partial charge in [0.05, 0.1) is 36.0 Å². The van der Waals surface area contributed by atoms with Crippen LogP contribution in [0, 0.1) is 0 Å². The largest absolute Gasteiger partial charge is 0.490 e. The summed E-state index contributed by atoms with van der Waals surface area (Å²) in [6, 6.07) is 3.53. The Balaban J connectivity index is 0.000000206. The van der Waals surface area contributed by atoms with Gasteiger partial charge in [0.1, 0.15) is 41.5 Å². The highest BCUT2D eigenvalue weighted by molar-refractivity contribution is 6.32. The summed E-state index contributed by atoms with van der Waals surface area (Å²) in [5, 5.41) is 16.1. The van der Waals surface area contributed by atoms with Crippen molar-refractivity contribution in [2.75, 3.05) is 86.0 Å². The van der Waals surface area contributed by atoms with E-state index in [0.29, 0.717) is 113 Å². The monoisotopic (exact) mass is 1230 g/mol. The number of hydrogen-bond donors (Lipinski definition) is 3. The maximum absolute atomic E-state index is 14.0. The molecule has 456 valence electrons. The molecule has 0 aromatic carbocycles. The van der Waals surface area contributed by atoms with E-state index in [1.165, 1.54) is 9.08 Å². The Labute approximate surface area is 490 Å². The first-order chi connectivity index (χ1) is 40.3. The molecule has 3 amide bonds. The molecule has 10 heterocycles. The number of hydrogen-bond acceptors (Lipinski definition) is 17. The molecule has 2 saturated heterocycles. The number of pyridine rings is 2. The Kier molecular flexibility index (Phi) is 18.3. The summed E-state index contributed by atoms with van der Waals surface area (Å²) in [4.78, 5) is 88.1. The lowest BCUT2D eigenvalue weighted by atomic mass is 10.2. The lowest BCUT2D eigenvalue weighted by Crippen LogP contribution is -2.51. The average molecular weight is 1230 g/mol. The molecule has 0 atom stereocenters. The van der Waals surface area contributed by atoms with Crippen LogP contribution in [0.4, 0.5) is 53.9 Å². The molecule has 0 radical (unpaired) electrons. The van der Waals surface area contributed by atoms with Crippen molar-refractivity contribution in [1.82, 2.24) is 58.5 Å². The summed E-state index contributed by atoms with van der Waals surface area (Å²) in [6.45, 7) is 13.1. The minimum atomic E-state index is -4.71. The van der Waals surface area contributed by atoms with Crippen LogP contribution in [0.1, 0.15) is 94.7 Å². The van der Waals surface area contributed by atoms with Crippen LogP contribution in [-0.2, 0) is 62.1 Å². The summed E-state index contributed by atoms with van der Waals surface area (Å²) in [5.41, 5.74) is -2.26. The van der Waals surface area contributed by atoms with Crippen molar-refractivity contribution in [2.24, 2.45) is 0 Å². The van der Waals surface area contributed by atoms with Crippen molar-refractivity contribution in [3.8, 4) is 0 Å². The summed E-state index contributed by atoms with van der Waals surface area (Å²) >= 11 is 11.9. The van der Waals surface area contributed by atoms with E-state index in [-0.39, 0.29) is 58.9 Å². The first-order valence-electron chi connectivity index (χ1n) is 27.3. The molecular weight excluding hydrogens is 1170 g/mol. The van der Waals surface area contributed by atoms with Crippen LogP contribution in [0.5, 0.6) is 0 Å². The van der Waals surface area contributed by atoms with Crippen LogP contribution in [-0.4, -0.2) is 142 Å². The zero-order valence-corrected chi connectivity index (χ0v) is 48.3. The van der Waals surface area contributed by atoms with Crippen molar-refractivity contribution in [2.45, 2.75) is 104 Å².